The Morgan fingerprint density at radius 3 is 2.43 bits per heavy atom. The maximum atomic E-state index is 12.6. The fourth-order valence-electron chi connectivity index (χ4n) is 3.50. The summed E-state index contributed by atoms with van der Waals surface area (Å²) in [6.45, 7) is 5.08. The Morgan fingerprint density at radius 2 is 1.70 bits per heavy atom. The van der Waals surface area contributed by atoms with Gasteiger partial charge >= 0.3 is 0 Å². The van der Waals surface area contributed by atoms with Crippen LogP contribution in [0.2, 0.25) is 0 Å². The van der Waals surface area contributed by atoms with Crippen molar-refractivity contribution in [3.63, 3.8) is 0 Å². The van der Waals surface area contributed by atoms with Crippen molar-refractivity contribution >= 4 is 17.5 Å². The number of pyridine rings is 1. The quantitative estimate of drug-likeness (QED) is 0.704. The molecule has 0 saturated carbocycles. The van der Waals surface area contributed by atoms with Crippen LogP contribution in [0.5, 0.6) is 0 Å². The van der Waals surface area contributed by atoms with Crippen molar-refractivity contribution < 1.29 is 9.59 Å². The highest BCUT2D eigenvalue weighted by molar-refractivity contribution is 6.04. The number of carbonyl (C=O) groups is 2. The molecule has 1 fully saturated rings. The van der Waals surface area contributed by atoms with Crippen molar-refractivity contribution in [2.45, 2.75) is 6.92 Å². The van der Waals surface area contributed by atoms with E-state index in [1.165, 1.54) is 0 Å². The van der Waals surface area contributed by atoms with Crippen molar-refractivity contribution in [2.24, 2.45) is 0 Å². The summed E-state index contributed by atoms with van der Waals surface area (Å²) in [4.78, 5) is 31.3. The second-order valence-corrected chi connectivity index (χ2v) is 7.41. The first-order valence-electron chi connectivity index (χ1n) is 10.0. The van der Waals surface area contributed by atoms with E-state index in [0.29, 0.717) is 11.1 Å². The van der Waals surface area contributed by atoms with E-state index in [1.807, 2.05) is 66.4 Å². The number of hydrogen-bond donors (Lipinski definition) is 2. The molecule has 1 aliphatic heterocycles. The Morgan fingerprint density at radius 1 is 0.933 bits per heavy atom. The first kappa shape index (κ1) is 19.8. The predicted octanol–water partition coefficient (Wildman–Crippen LogP) is 3.35. The van der Waals surface area contributed by atoms with Gasteiger partial charge in [-0.05, 0) is 48.4 Å². The third-order valence-corrected chi connectivity index (χ3v) is 5.15. The minimum absolute atomic E-state index is 0.0486. The SMILES string of the molecule is Cc1cccc(NC(=O)c2cncc(-c3ccc(C(=O)N4CCNCC4)cc3)c2)c1. The Kier molecular flexibility index (Phi) is 5.86. The molecule has 2 N–H and O–H groups in total. The predicted molar refractivity (Wildman–Crippen MR) is 118 cm³/mol. The molecule has 2 aromatic carbocycles. The molecular weight excluding hydrogens is 376 g/mol. The summed E-state index contributed by atoms with van der Waals surface area (Å²) in [5.41, 5.74) is 4.71. The van der Waals surface area contributed by atoms with Gasteiger partial charge in [-0.1, -0.05) is 24.3 Å². The number of hydrogen-bond acceptors (Lipinski definition) is 4. The van der Waals surface area contributed by atoms with Crippen molar-refractivity contribution in [1.82, 2.24) is 15.2 Å². The smallest absolute Gasteiger partial charge is 0.257 e. The van der Waals surface area contributed by atoms with Gasteiger partial charge in [-0.25, -0.2) is 0 Å². The van der Waals surface area contributed by atoms with Gasteiger partial charge in [0.15, 0.2) is 0 Å². The van der Waals surface area contributed by atoms with E-state index in [4.69, 9.17) is 0 Å². The van der Waals surface area contributed by atoms with Crippen molar-refractivity contribution in [1.29, 1.82) is 0 Å². The number of aryl methyl sites for hydroxylation is 1. The summed E-state index contributed by atoms with van der Waals surface area (Å²) < 4.78 is 0. The van der Waals surface area contributed by atoms with Crippen LogP contribution in [0.15, 0.2) is 67.0 Å². The van der Waals surface area contributed by atoms with Gasteiger partial charge in [0.2, 0.25) is 0 Å². The summed E-state index contributed by atoms with van der Waals surface area (Å²) in [7, 11) is 0. The van der Waals surface area contributed by atoms with Crippen LogP contribution in [0.25, 0.3) is 11.1 Å². The molecule has 6 heteroatoms. The minimum atomic E-state index is -0.208. The Hall–Kier alpha value is -3.51. The molecule has 30 heavy (non-hydrogen) atoms. The van der Waals surface area contributed by atoms with E-state index in [2.05, 4.69) is 15.6 Å². The van der Waals surface area contributed by atoms with Gasteiger partial charge in [-0.3, -0.25) is 14.6 Å². The topological polar surface area (TPSA) is 74.3 Å². The van der Waals surface area contributed by atoms with E-state index in [9.17, 15) is 9.59 Å². The molecule has 1 aliphatic rings. The second kappa shape index (κ2) is 8.88. The van der Waals surface area contributed by atoms with Crippen molar-refractivity contribution in [3.05, 3.63) is 83.7 Å². The molecule has 0 unspecified atom stereocenters. The van der Waals surface area contributed by atoms with E-state index in [1.54, 1.807) is 12.4 Å². The maximum Gasteiger partial charge on any atom is 0.257 e. The Bertz CT molecular complexity index is 1060. The molecule has 0 bridgehead atoms. The highest BCUT2D eigenvalue weighted by Gasteiger charge is 2.18. The fourth-order valence-corrected chi connectivity index (χ4v) is 3.50. The van der Waals surface area contributed by atoms with Gasteiger partial charge in [0.25, 0.3) is 11.8 Å². The number of piperazine rings is 1. The minimum Gasteiger partial charge on any atom is -0.336 e. The largest absolute Gasteiger partial charge is 0.336 e. The summed E-state index contributed by atoms with van der Waals surface area (Å²) >= 11 is 0. The standard InChI is InChI=1S/C24H24N4O2/c1-17-3-2-4-22(13-17)27-23(29)21-14-20(15-26-16-21)18-5-7-19(8-6-18)24(30)28-11-9-25-10-12-28/h2-8,13-16,25H,9-12H2,1H3,(H,27,29). The molecule has 2 heterocycles. The Labute approximate surface area is 175 Å². The number of carbonyl (C=O) groups excluding carboxylic acids is 2. The van der Waals surface area contributed by atoms with Crippen LogP contribution in [-0.2, 0) is 0 Å². The number of amides is 2. The van der Waals surface area contributed by atoms with Crippen molar-refractivity contribution in [3.8, 4) is 11.1 Å². The molecule has 3 aromatic rings. The molecule has 1 aromatic heterocycles. The lowest BCUT2D eigenvalue weighted by molar-refractivity contribution is 0.0735. The maximum absolute atomic E-state index is 12.6. The Balaban J connectivity index is 1.49. The lowest BCUT2D eigenvalue weighted by atomic mass is 10.0. The highest BCUT2D eigenvalue weighted by atomic mass is 16.2. The van der Waals surface area contributed by atoms with E-state index in [-0.39, 0.29) is 11.8 Å². The molecule has 1 saturated heterocycles. The second-order valence-electron chi connectivity index (χ2n) is 7.41. The zero-order valence-corrected chi connectivity index (χ0v) is 16.9. The van der Waals surface area contributed by atoms with Crippen LogP contribution in [0.1, 0.15) is 26.3 Å². The zero-order chi connectivity index (χ0) is 20.9. The van der Waals surface area contributed by atoms with Gasteiger partial charge in [0.05, 0.1) is 5.56 Å². The van der Waals surface area contributed by atoms with Crippen molar-refractivity contribution in [2.75, 3.05) is 31.5 Å². The van der Waals surface area contributed by atoms with Gasteiger partial charge < -0.3 is 15.5 Å². The van der Waals surface area contributed by atoms with Gasteiger partial charge in [-0.15, -0.1) is 0 Å². The normalized spacial score (nSPS) is 13.7. The average molecular weight is 400 g/mol. The zero-order valence-electron chi connectivity index (χ0n) is 16.9. The lowest BCUT2D eigenvalue weighted by Crippen LogP contribution is -2.46. The molecule has 0 aliphatic carbocycles. The molecule has 0 radical (unpaired) electrons. The molecule has 0 spiro atoms. The third-order valence-electron chi connectivity index (χ3n) is 5.15. The van der Waals surface area contributed by atoms with Crippen LogP contribution in [0.4, 0.5) is 5.69 Å². The molecule has 2 amide bonds. The summed E-state index contributed by atoms with van der Waals surface area (Å²) in [5.74, 6) is -0.159. The van der Waals surface area contributed by atoms with E-state index >= 15 is 0 Å². The van der Waals surface area contributed by atoms with Crippen LogP contribution in [0.3, 0.4) is 0 Å². The lowest BCUT2D eigenvalue weighted by Gasteiger charge is -2.27. The number of rotatable bonds is 4. The first-order valence-corrected chi connectivity index (χ1v) is 10.0. The van der Waals surface area contributed by atoms with Crippen LogP contribution < -0.4 is 10.6 Å². The molecule has 152 valence electrons. The van der Waals surface area contributed by atoms with Gasteiger partial charge in [0, 0.05) is 55.4 Å². The molecule has 6 nitrogen and oxygen atoms in total. The number of nitrogens with zero attached hydrogens (tertiary/aromatic N) is 2. The summed E-state index contributed by atoms with van der Waals surface area (Å²) in [6.07, 6.45) is 3.27. The van der Waals surface area contributed by atoms with Crippen LogP contribution in [0, 0.1) is 6.92 Å². The van der Waals surface area contributed by atoms with Crippen LogP contribution >= 0.6 is 0 Å². The summed E-state index contributed by atoms with van der Waals surface area (Å²) in [6, 6.07) is 16.9. The van der Waals surface area contributed by atoms with Crippen LogP contribution in [-0.4, -0.2) is 47.9 Å². The molecular formula is C24H24N4O2. The molecule has 0 atom stereocenters. The van der Waals surface area contributed by atoms with E-state index in [0.717, 1.165) is 48.6 Å². The fraction of sp³-hybridized carbons (Fsp3) is 0.208. The third kappa shape index (κ3) is 4.55. The van der Waals surface area contributed by atoms with Gasteiger partial charge in [-0.2, -0.15) is 0 Å². The number of nitrogens with one attached hydrogen (secondary N) is 2. The number of benzene rings is 2. The number of aromatic nitrogens is 1. The monoisotopic (exact) mass is 400 g/mol. The first-order chi connectivity index (χ1) is 14.6. The molecule has 4 rings (SSSR count). The highest BCUT2D eigenvalue weighted by Crippen LogP contribution is 2.21. The van der Waals surface area contributed by atoms with Gasteiger partial charge in [0.1, 0.15) is 0 Å². The van der Waals surface area contributed by atoms with E-state index < -0.39 is 0 Å². The summed E-state index contributed by atoms with van der Waals surface area (Å²) in [5, 5.41) is 6.15. The average Bonchev–Trinajstić information content (AvgIpc) is 2.79. The number of anilines is 1.